The fourth-order valence-electron chi connectivity index (χ4n) is 1.60. The van der Waals surface area contributed by atoms with E-state index in [0.29, 0.717) is 34.0 Å². The number of nitrogens with one attached hydrogen (secondary N) is 1. The summed E-state index contributed by atoms with van der Waals surface area (Å²) in [6.07, 6.45) is 0.597. The number of hydrogen-bond acceptors (Lipinski definition) is 2. The molecule has 3 nitrogen and oxygen atoms in total. The molecular weight excluding hydrogens is 308 g/mol. The van der Waals surface area contributed by atoms with Crippen LogP contribution < -0.4 is 5.73 Å². The van der Waals surface area contributed by atoms with E-state index in [4.69, 9.17) is 17.3 Å². The molecule has 90 valence electrons. The van der Waals surface area contributed by atoms with Crippen LogP contribution in [0.2, 0.25) is 5.02 Å². The maximum Gasteiger partial charge on any atom is 0.175 e. The Morgan fingerprint density at radius 2 is 2.24 bits per heavy atom. The highest BCUT2D eigenvalue weighted by Crippen LogP contribution is 2.28. The van der Waals surface area contributed by atoms with Crippen molar-refractivity contribution in [2.24, 2.45) is 5.73 Å². The Hall–Kier alpha value is -0.910. The zero-order valence-electron chi connectivity index (χ0n) is 8.80. The average molecular weight is 319 g/mol. The summed E-state index contributed by atoms with van der Waals surface area (Å²) in [5.41, 5.74) is 7.22. The van der Waals surface area contributed by atoms with Crippen molar-refractivity contribution >= 4 is 27.5 Å². The van der Waals surface area contributed by atoms with E-state index >= 15 is 0 Å². The quantitative estimate of drug-likeness (QED) is 0.913. The lowest BCUT2D eigenvalue weighted by Gasteiger charge is -2.03. The lowest BCUT2D eigenvalue weighted by atomic mass is 10.1. The zero-order chi connectivity index (χ0) is 12.4. The van der Waals surface area contributed by atoms with E-state index in [0.717, 1.165) is 5.69 Å². The molecule has 2 rings (SSSR count). The van der Waals surface area contributed by atoms with Gasteiger partial charge < -0.3 is 10.7 Å². The number of halogens is 3. The normalized spacial score (nSPS) is 10.8. The SMILES string of the molecule is NCCc1[nH]c(Br)nc1-c1cc(Cl)ccc1F. The first-order valence-corrected chi connectivity index (χ1v) is 6.18. The van der Waals surface area contributed by atoms with Crippen molar-refractivity contribution in [1.82, 2.24) is 9.97 Å². The molecule has 0 saturated carbocycles. The molecule has 0 unspecified atom stereocenters. The van der Waals surface area contributed by atoms with Gasteiger partial charge in [0.15, 0.2) is 4.73 Å². The second kappa shape index (κ2) is 5.16. The number of aromatic nitrogens is 2. The van der Waals surface area contributed by atoms with Crippen LogP contribution in [0.15, 0.2) is 22.9 Å². The van der Waals surface area contributed by atoms with Gasteiger partial charge in [0.1, 0.15) is 5.82 Å². The van der Waals surface area contributed by atoms with Gasteiger partial charge in [0.05, 0.1) is 5.69 Å². The largest absolute Gasteiger partial charge is 0.336 e. The summed E-state index contributed by atoms with van der Waals surface area (Å²) in [5, 5.41) is 0.472. The molecule has 0 radical (unpaired) electrons. The van der Waals surface area contributed by atoms with Crippen molar-refractivity contribution in [3.8, 4) is 11.3 Å². The molecule has 1 aromatic carbocycles. The van der Waals surface area contributed by atoms with Crippen molar-refractivity contribution in [3.05, 3.63) is 39.5 Å². The van der Waals surface area contributed by atoms with Gasteiger partial charge in [-0.1, -0.05) is 11.6 Å². The molecular formula is C11H10BrClFN3. The molecule has 2 aromatic rings. The number of rotatable bonds is 3. The van der Waals surface area contributed by atoms with Crippen LogP contribution in [0.1, 0.15) is 5.69 Å². The predicted octanol–water partition coefficient (Wildman–Crippen LogP) is 3.13. The van der Waals surface area contributed by atoms with Gasteiger partial charge in [0.25, 0.3) is 0 Å². The lowest BCUT2D eigenvalue weighted by Crippen LogP contribution is -2.04. The summed E-state index contributed by atoms with van der Waals surface area (Å²) in [6.45, 7) is 0.462. The smallest absolute Gasteiger partial charge is 0.175 e. The summed E-state index contributed by atoms with van der Waals surface area (Å²) in [7, 11) is 0. The number of hydrogen-bond donors (Lipinski definition) is 2. The van der Waals surface area contributed by atoms with Gasteiger partial charge in [-0.3, -0.25) is 0 Å². The Balaban J connectivity index is 2.55. The summed E-state index contributed by atoms with van der Waals surface area (Å²) in [4.78, 5) is 7.21. The van der Waals surface area contributed by atoms with Gasteiger partial charge in [-0.2, -0.15) is 0 Å². The first-order chi connectivity index (χ1) is 8.11. The number of H-pyrrole nitrogens is 1. The summed E-state index contributed by atoms with van der Waals surface area (Å²) >= 11 is 9.09. The molecule has 6 heteroatoms. The van der Waals surface area contributed by atoms with Crippen LogP contribution in [0.4, 0.5) is 4.39 Å². The average Bonchev–Trinajstić information content (AvgIpc) is 2.64. The Kier molecular flexibility index (Phi) is 3.81. The van der Waals surface area contributed by atoms with Crippen LogP contribution in [0, 0.1) is 5.82 Å². The fraction of sp³-hybridized carbons (Fsp3) is 0.182. The highest BCUT2D eigenvalue weighted by Gasteiger charge is 2.14. The molecule has 0 fully saturated rings. The molecule has 0 atom stereocenters. The minimum absolute atomic E-state index is 0.355. The second-order valence-corrected chi connectivity index (χ2v) is 4.71. The number of imidazole rings is 1. The summed E-state index contributed by atoms with van der Waals surface area (Å²) in [6, 6.07) is 4.39. The van der Waals surface area contributed by atoms with Crippen LogP contribution in [-0.4, -0.2) is 16.5 Å². The molecule has 1 heterocycles. The summed E-state index contributed by atoms with van der Waals surface area (Å²) in [5.74, 6) is -0.355. The van der Waals surface area contributed by atoms with E-state index in [1.807, 2.05) is 0 Å². The standard InChI is InChI=1S/C11H10BrClFN3/c12-11-16-9(3-4-15)10(17-11)7-5-6(13)1-2-8(7)14/h1-2,5H,3-4,15H2,(H,16,17). The molecule has 1 aromatic heterocycles. The Morgan fingerprint density at radius 3 is 2.94 bits per heavy atom. The van der Waals surface area contributed by atoms with Gasteiger partial charge in [-0.15, -0.1) is 0 Å². The van der Waals surface area contributed by atoms with Crippen molar-refractivity contribution < 1.29 is 4.39 Å². The zero-order valence-corrected chi connectivity index (χ0v) is 11.1. The van der Waals surface area contributed by atoms with Gasteiger partial charge in [0, 0.05) is 22.7 Å². The Labute approximate surface area is 111 Å². The Morgan fingerprint density at radius 1 is 1.47 bits per heavy atom. The molecule has 0 aliphatic rings. The van der Waals surface area contributed by atoms with Crippen LogP contribution in [0.3, 0.4) is 0 Å². The minimum Gasteiger partial charge on any atom is -0.336 e. The molecule has 17 heavy (non-hydrogen) atoms. The summed E-state index contributed by atoms with van der Waals surface area (Å²) < 4.78 is 14.3. The second-order valence-electron chi connectivity index (χ2n) is 3.52. The minimum atomic E-state index is -0.355. The first kappa shape index (κ1) is 12.5. The lowest BCUT2D eigenvalue weighted by molar-refractivity contribution is 0.630. The van der Waals surface area contributed by atoms with Crippen LogP contribution in [0.5, 0.6) is 0 Å². The van der Waals surface area contributed by atoms with E-state index in [-0.39, 0.29) is 5.82 Å². The predicted molar refractivity (Wildman–Crippen MR) is 69.5 cm³/mol. The molecule has 0 aliphatic heterocycles. The molecule has 0 aliphatic carbocycles. The molecule has 3 N–H and O–H groups in total. The highest BCUT2D eigenvalue weighted by molar-refractivity contribution is 9.10. The van der Waals surface area contributed by atoms with Gasteiger partial charge in [-0.25, -0.2) is 9.37 Å². The van der Waals surface area contributed by atoms with E-state index in [2.05, 4.69) is 25.9 Å². The third kappa shape index (κ3) is 2.68. The van der Waals surface area contributed by atoms with Gasteiger partial charge in [0.2, 0.25) is 0 Å². The van der Waals surface area contributed by atoms with E-state index in [1.54, 1.807) is 6.07 Å². The van der Waals surface area contributed by atoms with Crippen LogP contribution >= 0.6 is 27.5 Å². The van der Waals surface area contributed by atoms with Crippen molar-refractivity contribution in [2.75, 3.05) is 6.54 Å². The topological polar surface area (TPSA) is 54.7 Å². The third-order valence-corrected chi connectivity index (χ3v) is 2.94. The highest BCUT2D eigenvalue weighted by atomic mass is 79.9. The number of aromatic amines is 1. The van der Waals surface area contributed by atoms with Crippen LogP contribution in [-0.2, 0) is 6.42 Å². The maximum absolute atomic E-state index is 13.7. The molecule has 0 bridgehead atoms. The maximum atomic E-state index is 13.7. The van der Waals surface area contributed by atoms with Crippen molar-refractivity contribution in [3.63, 3.8) is 0 Å². The Bertz CT molecular complexity index is 542. The molecule has 0 amide bonds. The van der Waals surface area contributed by atoms with Crippen molar-refractivity contribution in [1.29, 1.82) is 0 Å². The number of nitrogens with zero attached hydrogens (tertiary/aromatic N) is 1. The van der Waals surface area contributed by atoms with Crippen LogP contribution in [0.25, 0.3) is 11.3 Å². The van der Waals surface area contributed by atoms with Crippen molar-refractivity contribution in [2.45, 2.75) is 6.42 Å². The third-order valence-electron chi connectivity index (χ3n) is 2.33. The van der Waals surface area contributed by atoms with Gasteiger partial charge >= 0.3 is 0 Å². The fourth-order valence-corrected chi connectivity index (χ4v) is 2.19. The van der Waals surface area contributed by atoms with E-state index in [1.165, 1.54) is 12.1 Å². The number of benzene rings is 1. The van der Waals surface area contributed by atoms with E-state index < -0.39 is 0 Å². The van der Waals surface area contributed by atoms with Gasteiger partial charge in [-0.05, 0) is 40.7 Å². The molecule has 0 spiro atoms. The van der Waals surface area contributed by atoms with E-state index in [9.17, 15) is 4.39 Å². The molecule has 0 saturated heterocycles. The monoisotopic (exact) mass is 317 g/mol. The first-order valence-electron chi connectivity index (χ1n) is 5.01. The number of nitrogens with two attached hydrogens (primary N) is 1.